The van der Waals surface area contributed by atoms with Crippen molar-refractivity contribution in [2.45, 2.75) is 19.4 Å². The Labute approximate surface area is 125 Å². The minimum absolute atomic E-state index is 0.0696. The van der Waals surface area contributed by atoms with Crippen molar-refractivity contribution in [1.29, 1.82) is 0 Å². The highest BCUT2D eigenvalue weighted by Crippen LogP contribution is 2.33. The minimum atomic E-state index is 0.0696. The Kier molecular flexibility index (Phi) is 3.73. The third-order valence-electron chi connectivity index (χ3n) is 3.79. The molecule has 3 rings (SSSR count). The van der Waals surface area contributed by atoms with E-state index in [9.17, 15) is 0 Å². The number of anilines is 1. The lowest BCUT2D eigenvalue weighted by Crippen LogP contribution is -2.08. The molecule has 21 heavy (non-hydrogen) atoms. The summed E-state index contributed by atoms with van der Waals surface area (Å²) in [6.07, 6.45) is 1.82. The van der Waals surface area contributed by atoms with E-state index >= 15 is 0 Å². The van der Waals surface area contributed by atoms with Crippen LogP contribution in [0.25, 0.3) is 0 Å². The van der Waals surface area contributed by atoms with Crippen LogP contribution in [0.2, 0.25) is 0 Å². The fourth-order valence-electron chi connectivity index (χ4n) is 2.68. The van der Waals surface area contributed by atoms with E-state index in [1.165, 1.54) is 11.1 Å². The standard InChI is InChI=1S/C18H19N3/c1-2-21-13-20-17(18(21)19)16(14-9-5-3-6-10-14)15-11-7-4-8-12-15/h3-13,16H,2,19H2,1H3. The molecule has 0 saturated heterocycles. The minimum Gasteiger partial charge on any atom is -0.384 e. The average Bonchev–Trinajstić information content (AvgIpc) is 2.91. The van der Waals surface area contributed by atoms with Crippen LogP contribution in [0.4, 0.5) is 5.82 Å². The van der Waals surface area contributed by atoms with Gasteiger partial charge in [-0.15, -0.1) is 0 Å². The molecule has 0 spiro atoms. The van der Waals surface area contributed by atoms with Crippen molar-refractivity contribution in [3.8, 4) is 0 Å². The van der Waals surface area contributed by atoms with Gasteiger partial charge in [-0.25, -0.2) is 4.98 Å². The van der Waals surface area contributed by atoms with Crippen molar-refractivity contribution in [2.24, 2.45) is 0 Å². The zero-order chi connectivity index (χ0) is 14.7. The number of nitrogens with zero attached hydrogens (tertiary/aromatic N) is 2. The molecule has 0 radical (unpaired) electrons. The number of aryl methyl sites for hydroxylation is 1. The molecule has 3 nitrogen and oxygen atoms in total. The lowest BCUT2D eigenvalue weighted by molar-refractivity contribution is 0.770. The highest BCUT2D eigenvalue weighted by atomic mass is 15.1. The van der Waals surface area contributed by atoms with Crippen molar-refractivity contribution < 1.29 is 0 Å². The second kappa shape index (κ2) is 5.83. The van der Waals surface area contributed by atoms with Gasteiger partial charge >= 0.3 is 0 Å². The Balaban J connectivity index is 2.15. The molecule has 0 saturated carbocycles. The molecule has 1 aromatic heterocycles. The van der Waals surface area contributed by atoms with E-state index in [-0.39, 0.29) is 5.92 Å². The van der Waals surface area contributed by atoms with Crippen molar-refractivity contribution >= 4 is 5.82 Å². The predicted molar refractivity (Wildman–Crippen MR) is 86.1 cm³/mol. The number of rotatable bonds is 4. The van der Waals surface area contributed by atoms with Gasteiger partial charge in [-0.2, -0.15) is 0 Å². The number of aromatic nitrogens is 2. The normalized spacial score (nSPS) is 11.0. The Morgan fingerprint density at radius 3 is 1.90 bits per heavy atom. The predicted octanol–water partition coefficient (Wildman–Crippen LogP) is 3.67. The van der Waals surface area contributed by atoms with Gasteiger partial charge in [0.1, 0.15) is 5.82 Å². The van der Waals surface area contributed by atoms with E-state index in [2.05, 4.69) is 60.4 Å². The number of hydrogen-bond acceptors (Lipinski definition) is 2. The number of imidazole rings is 1. The van der Waals surface area contributed by atoms with Crippen molar-refractivity contribution in [2.75, 3.05) is 5.73 Å². The van der Waals surface area contributed by atoms with Gasteiger partial charge < -0.3 is 10.3 Å². The molecule has 3 heteroatoms. The summed E-state index contributed by atoms with van der Waals surface area (Å²) in [7, 11) is 0. The van der Waals surface area contributed by atoms with Crippen LogP contribution in [0.3, 0.4) is 0 Å². The van der Waals surface area contributed by atoms with Gasteiger partial charge in [0, 0.05) is 6.54 Å². The summed E-state index contributed by atoms with van der Waals surface area (Å²) in [5.74, 6) is 0.815. The average molecular weight is 277 g/mol. The molecule has 0 fully saturated rings. The maximum absolute atomic E-state index is 6.29. The van der Waals surface area contributed by atoms with Gasteiger partial charge in [-0.1, -0.05) is 60.7 Å². The Bertz CT molecular complexity index is 662. The fourth-order valence-corrected chi connectivity index (χ4v) is 2.68. The molecule has 0 atom stereocenters. The maximum Gasteiger partial charge on any atom is 0.127 e. The van der Waals surface area contributed by atoms with Crippen LogP contribution in [0, 0.1) is 0 Å². The van der Waals surface area contributed by atoms with E-state index in [4.69, 9.17) is 5.73 Å². The van der Waals surface area contributed by atoms with E-state index in [1.54, 1.807) is 0 Å². The van der Waals surface area contributed by atoms with Gasteiger partial charge in [-0.05, 0) is 18.1 Å². The topological polar surface area (TPSA) is 43.8 Å². The fraction of sp³-hybridized carbons (Fsp3) is 0.167. The quantitative estimate of drug-likeness (QED) is 0.790. The summed E-state index contributed by atoms with van der Waals surface area (Å²) >= 11 is 0. The molecule has 0 aliphatic rings. The summed E-state index contributed by atoms with van der Waals surface area (Å²) in [5.41, 5.74) is 9.63. The molecule has 0 aliphatic heterocycles. The number of hydrogen-bond donors (Lipinski definition) is 1. The lowest BCUT2D eigenvalue weighted by atomic mass is 9.88. The first kappa shape index (κ1) is 13.4. The van der Waals surface area contributed by atoms with Crippen LogP contribution in [0.15, 0.2) is 67.0 Å². The first-order chi connectivity index (χ1) is 10.3. The second-order valence-electron chi connectivity index (χ2n) is 5.06. The molecule has 2 aromatic carbocycles. The molecular weight excluding hydrogens is 258 g/mol. The third-order valence-corrected chi connectivity index (χ3v) is 3.79. The highest BCUT2D eigenvalue weighted by Gasteiger charge is 2.22. The zero-order valence-corrected chi connectivity index (χ0v) is 12.1. The first-order valence-corrected chi connectivity index (χ1v) is 7.21. The SMILES string of the molecule is CCn1cnc(C(c2ccccc2)c2ccccc2)c1N. The summed E-state index contributed by atoms with van der Waals surface area (Å²) in [5, 5.41) is 0. The summed E-state index contributed by atoms with van der Waals surface area (Å²) in [4.78, 5) is 4.58. The largest absolute Gasteiger partial charge is 0.384 e. The van der Waals surface area contributed by atoms with Gasteiger partial charge in [0.05, 0.1) is 17.9 Å². The number of nitrogens with two attached hydrogens (primary N) is 1. The van der Waals surface area contributed by atoms with E-state index < -0.39 is 0 Å². The van der Waals surface area contributed by atoms with E-state index in [0.29, 0.717) is 0 Å². The van der Waals surface area contributed by atoms with Crippen LogP contribution >= 0.6 is 0 Å². The van der Waals surface area contributed by atoms with Crippen LogP contribution in [-0.4, -0.2) is 9.55 Å². The molecule has 0 amide bonds. The van der Waals surface area contributed by atoms with Gasteiger partial charge in [-0.3, -0.25) is 0 Å². The monoisotopic (exact) mass is 277 g/mol. The first-order valence-electron chi connectivity index (χ1n) is 7.21. The van der Waals surface area contributed by atoms with E-state index in [1.807, 2.05) is 23.0 Å². The number of nitrogen functional groups attached to an aromatic ring is 1. The highest BCUT2D eigenvalue weighted by molar-refractivity contribution is 5.49. The second-order valence-corrected chi connectivity index (χ2v) is 5.06. The van der Waals surface area contributed by atoms with Crippen LogP contribution in [-0.2, 0) is 6.54 Å². The molecule has 0 unspecified atom stereocenters. The molecule has 1 heterocycles. The van der Waals surface area contributed by atoms with Gasteiger partial charge in [0.15, 0.2) is 0 Å². The molecule has 2 N–H and O–H groups in total. The third kappa shape index (κ3) is 2.55. The van der Waals surface area contributed by atoms with Crippen molar-refractivity contribution in [1.82, 2.24) is 9.55 Å². The van der Waals surface area contributed by atoms with Crippen LogP contribution < -0.4 is 5.73 Å². The molecule has 0 bridgehead atoms. The summed E-state index contributed by atoms with van der Waals surface area (Å²) in [6.45, 7) is 2.90. The Morgan fingerprint density at radius 2 is 1.48 bits per heavy atom. The zero-order valence-electron chi connectivity index (χ0n) is 12.1. The number of benzene rings is 2. The molecule has 106 valence electrons. The molecule has 0 aliphatic carbocycles. The van der Waals surface area contributed by atoms with Crippen molar-refractivity contribution in [3.05, 3.63) is 83.8 Å². The van der Waals surface area contributed by atoms with Crippen molar-refractivity contribution in [3.63, 3.8) is 0 Å². The maximum atomic E-state index is 6.29. The Morgan fingerprint density at radius 1 is 0.952 bits per heavy atom. The van der Waals surface area contributed by atoms with Gasteiger partial charge in [0.25, 0.3) is 0 Å². The van der Waals surface area contributed by atoms with Gasteiger partial charge in [0.2, 0.25) is 0 Å². The van der Waals surface area contributed by atoms with Crippen LogP contribution in [0.1, 0.15) is 29.7 Å². The summed E-state index contributed by atoms with van der Waals surface area (Å²) < 4.78 is 1.98. The Hall–Kier alpha value is -2.55. The summed E-state index contributed by atoms with van der Waals surface area (Å²) in [6, 6.07) is 20.8. The molecular formula is C18H19N3. The smallest absolute Gasteiger partial charge is 0.127 e. The van der Waals surface area contributed by atoms with E-state index in [0.717, 1.165) is 18.1 Å². The van der Waals surface area contributed by atoms with Crippen LogP contribution in [0.5, 0.6) is 0 Å². The lowest BCUT2D eigenvalue weighted by Gasteiger charge is -2.17. The molecule has 3 aromatic rings.